The molecule has 0 aromatic rings. The van der Waals surface area contributed by atoms with E-state index in [9.17, 15) is 9.59 Å². The molecule has 86 valence electrons. The van der Waals surface area contributed by atoms with Crippen LogP contribution >= 0.6 is 0 Å². The van der Waals surface area contributed by atoms with E-state index in [1.807, 2.05) is 4.90 Å². The fraction of sp³-hybridized carbons (Fsp3) is 0.800. The normalized spacial score (nSPS) is 21.0. The molecule has 1 saturated heterocycles. The average Bonchev–Trinajstić information content (AvgIpc) is 2.50. The van der Waals surface area contributed by atoms with Crippen LogP contribution in [0.2, 0.25) is 0 Å². The lowest BCUT2D eigenvalue weighted by Crippen LogP contribution is -2.33. The first-order valence-electron chi connectivity index (χ1n) is 5.15. The lowest BCUT2D eigenvalue weighted by Gasteiger charge is -2.19. The predicted molar refractivity (Wildman–Crippen MR) is 55.5 cm³/mol. The van der Waals surface area contributed by atoms with Crippen LogP contribution in [0.25, 0.3) is 0 Å². The fourth-order valence-corrected chi connectivity index (χ4v) is 2.00. The van der Waals surface area contributed by atoms with Crippen LogP contribution in [0.5, 0.6) is 0 Å². The topological polar surface area (TPSA) is 60.9 Å². The Bertz CT molecular complexity index is 255. The van der Waals surface area contributed by atoms with Gasteiger partial charge in [-0.3, -0.25) is 14.5 Å². The van der Waals surface area contributed by atoms with Gasteiger partial charge in [0.15, 0.2) is 0 Å². The summed E-state index contributed by atoms with van der Waals surface area (Å²) in [6, 6.07) is 0. The summed E-state index contributed by atoms with van der Waals surface area (Å²) < 4.78 is 0. The molecule has 1 aliphatic heterocycles. The van der Waals surface area contributed by atoms with E-state index in [0.717, 1.165) is 26.1 Å². The maximum Gasteiger partial charge on any atom is 0.317 e. The monoisotopic (exact) mass is 214 g/mol. The van der Waals surface area contributed by atoms with Gasteiger partial charge in [-0.15, -0.1) is 0 Å². The standard InChI is InChI=1S/C10H18N2O3/c1-8(13)12-4-3-9(6-12)5-11(2)7-10(14)15/h9H,3-7H2,1-2H3,(H,14,15). The Hall–Kier alpha value is -1.10. The van der Waals surface area contributed by atoms with Gasteiger partial charge in [-0.05, 0) is 19.4 Å². The van der Waals surface area contributed by atoms with Gasteiger partial charge in [-0.25, -0.2) is 0 Å². The Kier molecular flexibility index (Phi) is 4.08. The minimum Gasteiger partial charge on any atom is -0.480 e. The number of nitrogens with zero attached hydrogens (tertiary/aromatic N) is 2. The van der Waals surface area contributed by atoms with Crippen molar-refractivity contribution in [3.05, 3.63) is 0 Å². The van der Waals surface area contributed by atoms with Gasteiger partial charge >= 0.3 is 5.97 Å². The highest BCUT2D eigenvalue weighted by atomic mass is 16.4. The van der Waals surface area contributed by atoms with Crippen molar-refractivity contribution in [3.8, 4) is 0 Å². The first-order valence-corrected chi connectivity index (χ1v) is 5.15. The third-order valence-electron chi connectivity index (χ3n) is 2.71. The summed E-state index contributed by atoms with van der Waals surface area (Å²) in [6.45, 7) is 3.95. The van der Waals surface area contributed by atoms with E-state index < -0.39 is 5.97 Å². The van der Waals surface area contributed by atoms with E-state index in [0.29, 0.717) is 5.92 Å². The Balaban J connectivity index is 2.29. The van der Waals surface area contributed by atoms with E-state index in [1.54, 1.807) is 18.9 Å². The van der Waals surface area contributed by atoms with Gasteiger partial charge in [0.25, 0.3) is 0 Å². The van der Waals surface area contributed by atoms with Crippen molar-refractivity contribution in [2.75, 3.05) is 33.2 Å². The number of aliphatic carboxylic acids is 1. The molecule has 0 aromatic carbocycles. The molecule has 0 radical (unpaired) electrons. The lowest BCUT2D eigenvalue weighted by atomic mass is 10.1. The fourth-order valence-electron chi connectivity index (χ4n) is 2.00. The van der Waals surface area contributed by atoms with Gasteiger partial charge in [-0.2, -0.15) is 0 Å². The molecule has 0 aromatic heterocycles. The summed E-state index contributed by atoms with van der Waals surface area (Å²) in [6.07, 6.45) is 0.976. The van der Waals surface area contributed by atoms with Gasteiger partial charge in [-0.1, -0.05) is 0 Å². The molecule has 1 fully saturated rings. The third kappa shape index (κ3) is 3.87. The third-order valence-corrected chi connectivity index (χ3v) is 2.71. The Morgan fingerprint density at radius 3 is 2.67 bits per heavy atom. The number of carbonyl (C=O) groups excluding carboxylic acids is 1. The second kappa shape index (κ2) is 5.11. The number of amides is 1. The molecule has 5 nitrogen and oxygen atoms in total. The number of hydrogen-bond acceptors (Lipinski definition) is 3. The Morgan fingerprint density at radius 1 is 1.53 bits per heavy atom. The minimum atomic E-state index is -0.807. The van der Waals surface area contributed by atoms with Crippen molar-refractivity contribution in [2.45, 2.75) is 13.3 Å². The van der Waals surface area contributed by atoms with Gasteiger partial charge in [0.05, 0.1) is 6.54 Å². The second-order valence-electron chi connectivity index (χ2n) is 4.21. The quantitative estimate of drug-likeness (QED) is 0.708. The molecule has 1 unspecified atom stereocenters. The van der Waals surface area contributed by atoms with Crippen LogP contribution in [-0.4, -0.2) is 60.0 Å². The van der Waals surface area contributed by atoms with E-state index in [-0.39, 0.29) is 12.5 Å². The van der Waals surface area contributed by atoms with Crippen LogP contribution in [0.3, 0.4) is 0 Å². The molecule has 0 saturated carbocycles. The van der Waals surface area contributed by atoms with Crippen LogP contribution in [0, 0.1) is 5.92 Å². The number of carbonyl (C=O) groups is 2. The zero-order chi connectivity index (χ0) is 11.4. The molecule has 1 rings (SSSR count). The van der Waals surface area contributed by atoms with E-state index in [4.69, 9.17) is 5.11 Å². The summed E-state index contributed by atoms with van der Waals surface area (Å²) in [5, 5.41) is 8.59. The summed E-state index contributed by atoms with van der Waals surface area (Å²) in [7, 11) is 1.80. The van der Waals surface area contributed by atoms with E-state index >= 15 is 0 Å². The average molecular weight is 214 g/mol. The minimum absolute atomic E-state index is 0.0660. The molecule has 1 amide bonds. The number of likely N-dealkylation sites (N-methyl/N-ethyl adjacent to an activating group) is 1. The number of likely N-dealkylation sites (tertiary alicyclic amines) is 1. The molecule has 0 bridgehead atoms. The Morgan fingerprint density at radius 2 is 2.20 bits per heavy atom. The van der Waals surface area contributed by atoms with Gasteiger partial charge < -0.3 is 10.0 Å². The van der Waals surface area contributed by atoms with Crippen LogP contribution in [-0.2, 0) is 9.59 Å². The van der Waals surface area contributed by atoms with E-state index in [1.165, 1.54) is 0 Å². The van der Waals surface area contributed by atoms with E-state index in [2.05, 4.69) is 0 Å². The number of carboxylic acids is 1. The summed E-state index contributed by atoms with van der Waals surface area (Å²) in [5.74, 6) is -0.282. The molecule has 1 heterocycles. The summed E-state index contributed by atoms with van der Waals surface area (Å²) in [5.41, 5.74) is 0. The molecule has 1 aliphatic rings. The molecule has 1 N–H and O–H groups in total. The van der Waals surface area contributed by atoms with Gasteiger partial charge in [0.2, 0.25) is 5.91 Å². The zero-order valence-electron chi connectivity index (χ0n) is 9.27. The van der Waals surface area contributed by atoms with Gasteiger partial charge in [0, 0.05) is 26.6 Å². The van der Waals surface area contributed by atoms with Crippen LogP contribution in [0.1, 0.15) is 13.3 Å². The molecule has 1 atom stereocenters. The smallest absolute Gasteiger partial charge is 0.317 e. The SMILES string of the molecule is CC(=O)N1CCC(CN(C)CC(=O)O)C1. The second-order valence-corrected chi connectivity index (χ2v) is 4.21. The zero-order valence-corrected chi connectivity index (χ0v) is 9.27. The van der Waals surface area contributed by atoms with Crippen molar-refractivity contribution in [1.29, 1.82) is 0 Å². The highest BCUT2D eigenvalue weighted by molar-refractivity contribution is 5.73. The first kappa shape index (κ1) is 12.0. The first-order chi connectivity index (χ1) is 6.99. The lowest BCUT2D eigenvalue weighted by molar-refractivity contribution is -0.138. The molecule has 15 heavy (non-hydrogen) atoms. The van der Waals surface area contributed by atoms with Crippen molar-refractivity contribution in [1.82, 2.24) is 9.80 Å². The molecule has 0 spiro atoms. The molecular weight excluding hydrogens is 196 g/mol. The van der Waals surface area contributed by atoms with Crippen LogP contribution in [0.15, 0.2) is 0 Å². The van der Waals surface area contributed by atoms with Crippen LogP contribution in [0.4, 0.5) is 0 Å². The highest BCUT2D eigenvalue weighted by Gasteiger charge is 2.25. The molecular formula is C10H18N2O3. The predicted octanol–water partition coefficient (Wildman–Crippen LogP) is -0.129. The maximum absolute atomic E-state index is 11.1. The summed E-state index contributed by atoms with van der Waals surface area (Å²) in [4.78, 5) is 25.1. The number of hydrogen-bond donors (Lipinski definition) is 1. The largest absolute Gasteiger partial charge is 0.480 e. The van der Waals surface area contributed by atoms with Crippen molar-refractivity contribution in [3.63, 3.8) is 0 Å². The van der Waals surface area contributed by atoms with Crippen molar-refractivity contribution in [2.24, 2.45) is 5.92 Å². The molecule has 5 heteroatoms. The highest BCUT2D eigenvalue weighted by Crippen LogP contribution is 2.16. The van der Waals surface area contributed by atoms with Gasteiger partial charge in [0.1, 0.15) is 0 Å². The summed E-state index contributed by atoms with van der Waals surface area (Å²) >= 11 is 0. The maximum atomic E-state index is 11.1. The number of rotatable bonds is 4. The number of carboxylic acid groups (broad SMARTS) is 1. The van der Waals surface area contributed by atoms with Crippen molar-refractivity contribution >= 4 is 11.9 Å². The molecule has 0 aliphatic carbocycles. The van der Waals surface area contributed by atoms with Crippen LogP contribution < -0.4 is 0 Å². The Labute approximate surface area is 89.7 Å². The van der Waals surface area contributed by atoms with Crippen molar-refractivity contribution < 1.29 is 14.7 Å².